The maximum Gasteiger partial charge on any atom is 0.307 e. The monoisotopic (exact) mass is 312 g/mol. The fourth-order valence-corrected chi connectivity index (χ4v) is 2.10. The van der Waals surface area contributed by atoms with E-state index in [4.69, 9.17) is 16.3 Å². The van der Waals surface area contributed by atoms with Crippen LogP contribution in [0.3, 0.4) is 0 Å². The zero-order valence-corrected chi connectivity index (χ0v) is 13.4. The first-order valence-corrected chi connectivity index (χ1v) is 7.43. The van der Waals surface area contributed by atoms with Crippen molar-refractivity contribution in [1.29, 1.82) is 0 Å². The Morgan fingerprint density at radius 3 is 2.67 bits per heavy atom. The summed E-state index contributed by atoms with van der Waals surface area (Å²) < 4.78 is 4.84. The second-order valence-corrected chi connectivity index (χ2v) is 5.09. The zero-order chi connectivity index (χ0) is 15.8. The van der Waals surface area contributed by atoms with Crippen molar-refractivity contribution in [3.63, 3.8) is 0 Å². The minimum absolute atomic E-state index is 0.177. The van der Waals surface area contributed by atoms with Crippen molar-refractivity contribution in [3.05, 3.63) is 28.5 Å². The Bertz CT molecular complexity index is 506. The molecule has 0 aromatic carbocycles. The van der Waals surface area contributed by atoms with Crippen LogP contribution in [0.15, 0.2) is 12.1 Å². The summed E-state index contributed by atoms with van der Waals surface area (Å²) in [4.78, 5) is 29.3. The van der Waals surface area contributed by atoms with Gasteiger partial charge in [-0.25, -0.2) is 4.98 Å². The number of carbonyl (C=O) groups excluding carboxylic acids is 2. The Hall–Kier alpha value is -1.62. The molecule has 0 saturated carbocycles. The lowest BCUT2D eigenvalue weighted by Crippen LogP contribution is -2.29. The number of hydrogen-bond donors (Lipinski definition) is 0. The fourth-order valence-electron chi connectivity index (χ4n) is 1.87. The van der Waals surface area contributed by atoms with E-state index >= 15 is 0 Å². The molecule has 0 radical (unpaired) electrons. The van der Waals surface area contributed by atoms with Crippen LogP contribution in [-0.4, -0.2) is 42.0 Å². The summed E-state index contributed by atoms with van der Waals surface area (Å²) in [6.07, 6.45) is 1.88. The molecule has 1 rings (SSSR count). The minimum Gasteiger partial charge on any atom is -0.466 e. The molecule has 116 valence electrons. The van der Waals surface area contributed by atoms with E-state index in [-0.39, 0.29) is 18.3 Å². The van der Waals surface area contributed by atoms with Gasteiger partial charge in [-0.3, -0.25) is 9.59 Å². The highest BCUT2D eigenvalue weighted by Crippen LogP contribution is 2.14. The summed E-state index contributed by atoms with van der Waals surface area (Å²) in [6.45, 7) is 4.44. The fraction of sp³-hybridized carbons (Fsp3) is 0.533. The Kier molecular flexibility index (Phi) is 7.15. The lowest BCUT2D eigenvalue weighted by Gasteiger charge is -2.17. The average Bonchev–Trinajstić information content (AvgIpc) is 2.44. The SMILES string of the molecule is CCCc1cc(C(=O)N(C)CCC(=O)OCC)cc(Cl)n1. The topological polar surface area (TPSA) is 59.5 Å². The van der Waals surface area contributed by atoms with E-state index < -0.39 is 0 Å². The van der Waals surface area contributed by atoms with E-state index in [0.29, 0.717) is 23.9 Å². The Morgan fingerprint density at radius 2 is 2.05 bits per heavy atom. The first-order valence-electron chi connectivity index (χ1n) is 7.05. The molecule has 1 aromatic heterocycles. The van der Waals surface area contributed by atoms with Crippen LogP contribution in [-0.2, 0) is 16.0 Å². The van der Waals surface area contributed by atoms with Crippen LogP contribution in [0.25, 0.3) is 0 Å². The Morgan fingerprint density at radius 1 is 1.33 bits per heavy atom. The molecule has 0 bridgehead atoms. The van der Waals surface area contributed by atoms with Crippen LogP contribution in [0.1, 0.15) is 42.7 Å². The molecule has 0 aliphatic heterocycles. The van der Waals surface area contributed by atoms with Crippen molar-refractivity contribution in [3.8, 4) is 0 Å². The van der Waals surface area contributed by atoms with Crippen LogP contribution in [0.4, 0.5) is 0 Å². The predicted octanol–water partition coefficient (Wildman–Crippen LogP) is 2.71. The van der Waals surface area contributed by atoms with E-state index in [1.807, 2.05) is 6.92 Å². The smallest absolute Gasteiger partial charge is 0.307 e. The molecule has 1 heterocycles. The highest BCUT2D eigenvalue weighted by molar-refractivity contribution is 6.29. The molecular weight excluding hydrogens is 292 g/mol. The highest BCUT2D eigenvalue weighted by atomic mass is 35.5. The van der Waals surface area contributed by atoms with Gasteiger partial charge < -0.3 is 9.64 Å². The van der Waals surface area contributed by atoms with E-state index in [1.54, 1.807) is 26.1 Å². The molecule has 5 nitrogen and oxygen atoms in total. The number of halogens is 1. The molecule has 0 aliphatic rings. The standard InChI is InChI=1S/C15H21ClN2O3/c1-4-6-12-9-11(10-13(16)17-12)15(20)18(3)8-7-14(19)21-5-2/h9-10H,4-8H2,1-3H3. The molecule has 0 saturated heterocycles. The number of amides is 1. The normalized spacial score (nSPS) is 10.3. The number of rotatable bonds is 7. The number of carbonyl (C=O) groups is 2. The summed E-state index contributed by atoms with van der Waals surface area (Å²) in [7, 11) is 1.65. The minimum atomic E-state index is -0.309. The molecule has 1 amide bonds. The third-order valence-electron chi connectivity index (χ3n) is 2.90. The molecule has 0 fully saturated rings. The van der Waals surface area contributed by atoms with E-state index in [1.165, 1.54) is 4.90 Å². The number of pyridine rings is 1. The van der Waals surface area contributed by atoms with Gasteiger partial charge in [0.25, 0.3) is 5.91 Å². The Labute approximate surface area is 130 Å². The number of ether oxygens (including phenoxy) is 1. The van der Waals surface area contributed by atoms with E-state index in [2.05, 4.69) is 4.98 Å². The van der Waals surface area contributed by atoms with Gasteiger partial charge in [-0.15, -0.1) is 0 Å². The van der Waals surface area contributed by atoms with Crippen LogP contribution in [0.5, 0.6) is 0 Å². The second kappa shape index (κ2) is 8.62. The van der Waals surface area contributed by atoms with Gasteiger partial charge in [0.1, 0.15) is 5.15 Å². The predicted molar refractivity (Wildman–Crippen MR) is 81.5 cm³/mol. The van der Waals surface area contributed by atoms with Gasteiger partial charge >= 0.3 is 5.97 Å². The van der Waals surface area contributed by atoms with Crippen molar-refractivity contribution in [1.82, 2.24) is 9.88 Å². The van der Waals surface area contributed by atoms with Crippen molar-refractivity contribution in [2.75, 3.05) is 20.2 Å². The lowest BCUT2D eigenvalue weighted by atomic mass is 10.1. The van der Waals surface area contributed by atoms with Gasteiger partial charge in [0.2, 0.25) is 0 Å². The van der Waals surface area contributed by atoms with Gasteiger partial charge in [0, 0.05) is 24.8 Å². The quantitative estimate of drug-likeness (QED) is 0.574. The van der Waals surface area contributed by atoms with Crippen molar-refractivity contribution in [2.45, 2.75) is 33.1 Å². The molecule has 6 heteroatoms. The van der Waals surface area contributed by atoms with Crippen molar-refractivity contribution >= 4 is 23.5 Å². The number of aromatic nitrogens is 1. The first-order chi connectivity index (χ1) is 9.97. The average molecular weight is 313 g/mol. The summed E-state index contributed by atoms with van der Waals surface area (Å²) in [6, 6.07) is 3.29. The van der Waals surface area contributed by atoms with Crippen LogP contribution in [0, 0.1) is 0 Å². The summed E-state index contributed by atoms with van der Waals surface area (Å²) in [5.41, 5.74) is 1.29. The van der Waals surface area contributed by atoms with Gasteiger partial charge in [-0.1, -0.05) is 24.9 Å². The van der Waals surface area contributed by atoms with E-state index in [0.717, 1.165) is 18.5 Å². The van der Waals surface area contributed by atoms with E-state index in [9.17, 15) is 9.59 Å². The Balaban J connectivity index is 2.71. The molecule has 1 aromatic rings. The van der Waals surface area contributed by atoms with Gasteiger partial charge in [-0.05, 0) is 25.5 Å². The number of esters is 1. The summed E-state index contributed by atoms with van der Waals surface area (Å²) in [5, 5.41) is 0.308. The largest absolute Gasteiger partial charge is 0.466 e. The zero-order valence-electron chi connectivity index (χ0n) is 12.7. The van der Waals surface area contributed by atoms with Crippen LogP contribution in [0.2, 0.25) is 5.15 Å². The molecule has 0 aliphatic carbocycles. The van der Waals surface area contributed by atoms with Crippen molar-refractivity contribution < 1.29 is 14.3 Å². The molecule has 0 N–H and O–H groups in total. The maximum absolute atomic E-state index is 12.3. The molecule has 0 unspecified atom stereocenters. The van der Waals surface area contributed by atoms with Gasteiger partial charge in [-0.2, -0.15) is 0 Å². The maximum atomic E-state index is 12.3. The van der Waals surface area contributed by atoms with Gasteiger partial charge in [0.05, 0.1) is 13.0 Å². The van der Waals surface area contributed by atoms with Crippen molar-refractivity contribution in [2.24, 2.45) is 0 Å². The molecule has 0 atom stereocenters. The number of nitrogens with zero attached hydrogens (tertiary/aromatic N) is 2. The second-order valence-electron chi connectivity index (χ2n) is 4.70. The third-order valence-corrected chi connectivity index (χ3v) is 3.10. The summed E-state index contributed by atoms with van der Waals surface area (Å²) >= 11 is 5.95. The number of hydrogen-bond acceptors (Lipinski definition) is 4. The summed E-state index contributed by atoms with van der Waals surface area (Å²) in [5.74, 6) is -0.488. The molecule has 0 spiro atoms. The van der Waals surface area contributed by atoms with Crippen LogP contribution >= 0.6 is 11.6 Å². The lowest BCUT2D eigenvalue weighted by molar-refractivity contribution is -0.143. The first kappa shape index (κ1) is 17.4. The highest BCUT2D eigenvalue weighted by Gasteiger charge is 2.15. The third kappa shape index (κ3) is 5.71. The van der Waals surface area contributed by atoms with Crippen LogP contribution < -0.4 is 0 Å². The number of aryl methyl sites for hydroxylation is 1. The molecular formula is C15H21ClN2O3. The molecule has 21 heavy (non-hydrogen) atoms. The van der Waals surface area contributed by atoms with Gasteiger partial charge in [0.15, 0.2) is 0 Å².